The number of fused-ring (bicyclic) bond motifs is 1. The molecule has 4 rings (SSSR count). The second kappa shape index (κ2) is 10.8. The number of carbonyl (C=O) groups is 1. The standard InChI is InChI=1S/C25H31FN6O3/c1-14(13-34-2)35-22-10-7-15-11-16(8-9-20(15)30-22)29-24-17(23(28)33)12-18(26)25(32-24)31-21-6-4-3-5-19(21)27/h7-12,14,19,21H,3-6,13,27H2,1-2H3,(H2,28,33)(H2,29,31,32). The van der Waals surface area contributed by atoms with E-state index in [4.69, 9.17) is 20.9 Å². The van der Waals surface area contributed by atoms with E-state index in [1.807, 2.05) is 25.1 Å². The van der Waals surface area contributed by atoms with E-state index in [2.05, 4.69) is 20.6 Å². The van der Waals surface area contributed by atoms with Crippen LogP contribution in [0.25, 0.3) is 10.9 Å². The number of halogens is 1. The second-order valence-corrected chi connectivity index (χ2v) is 8.84. The molecule has 35 heavy (non-hydrogen) atoms. The number of primary amides is 1. The molecule has 1 aromatic carbocycles. The van der Waals surface area contributed by atoms with Gasteiger partial charge in [0.15, 0.2) is 11.6 Å². The Kier molecular flexibility index (Phi) is 7.62. The molecule has 0 aliphatic heterocycles. The van der Waals surface area contributed by atoms with Gasteiger partial charge < -0.3 is 31.6 Å². The molecule has 0 radical (unpaired) electrons. The predicted octanol–water partition coefficient (Wildman–Crippen LogP) is 3.71. The number of nitrogens with one attached hydrogen (secondary N) is 2. The fourth-order valence-electron chi connectivity index (χ4n) is 4.25. The Balaban J connectivity index is 1.58. The quantitative estimate of drug-likeness (QED) is 0.362. The molecule has 6 N–H and O–H groups in total. The van der Waals surface area contributed by atoms with Crippen molar-refractivity contribution in [2.75, 3.05) is 24.4 Å². The number of pyridine rings is 2. The molecule has 3 unspecified atom stereocenters. The van der Waals surface area contributed by atoms with E-state index in [1.54, 1.807) is 19.2 Å². The number of anilines is 3. The SMILES string of the molecule is COCC(C)Oc1ccc2cc(Nc3nc(NC4CCCCC4N)c(F)cc3C(N)=O)ccc2n1. The summed E-state index contributed by atoms with van der Waals surface area (Å²) in [5.41, 5.74) is 13.0. The molecule has 0 saturated heterocycles. The summed E-state index contributed by atoms with van der Waals surface area (Å²) in [5.74, 6) is -0.745. The zero-order chi connectivity index (χ0) is 24.9. The van der Waals surface area contributed by atoms with Gasteiger partial charge in [0.2, 0.25) is 5.88 Å². The molecule has 3 aromatic rings. The number of nitrogens with zero attached hydrogens (tertiary/aromatic N) is 2. The largest absolute Gasteiger partial charge is 0.472 e. The minimum atomic E-state index is -0.783. The summed E-state index contributed by atoms with van der Waals surface area (Å²) in [7, 11) is 1.62. The van der Waals surface area contributed by atoms with Crippen LogP contribution in [0, 0.1) is 5.82 Å². The number of carbonyl (C=O) groups excluding carboxylic acids is 1. The highest BCUT2D eigenvalue weighted by molar-refractivity contribution is 5.99. The molecular formula is C25H31FN6O3. The molecule has 1 amide bonds. The van der Waals surface area contributed by atoms with Crippen molar-refractivity contribution in [3.05, 3.63) is 47.8 Å². The van der Waals surface area contributed by atoms with Crippen molar-refractivity contribution >= 4 is 34.1 Å². The Labute approximate surface area is 203 Å². The zero-order valence-corrected chi connectivity index (χ0v) is 19.9. The number of ether oxygens (including phenoxy) is 2. The van der Waals surface area contributed by atoms with Gasteiger partial charge in [-0.3, -0.25) is 4.79 Å². The molecule has 1 saturated carbocycles. The number of rotatable bonds is 9. The lowest BCUT2D eigenvalue weighted by atomic mass is 9.91. The lowest BCUT2D eigenvalue weighted by Gasteiger charge is -2.30. The molecule has 1 aliphatic rings. The van der Waals surface area contributed by atoms with Gasteiger partial charge in [0.25, 0.3) is 5.91 Å². The lowest BCUT2D eigenvalue weighted by molar-refractivity contribution is 0.0892. The van der Waals surface area contributed by atoms with Crippen molar-refractivity contribution in [3.8, 4) is 5.88 Å². The van der Waals surface area contributed by atoms with Crippen LogP contribution in [0.1, 0.15) is 43.0 Å². The summed E-state index contributed by atoms with van der Waals surface area (Å²) in [6, 6.07) is 10.0. The van der Waals surface area contributed by atoms with Gasteiger partial charge >= 0.3 is 0 Å². The average Bonchev–Trinajstić information content (AvgIpc) is 2.82. The third-order valence-electron chi connectivity index (χ3n) is 6.03. The fourth-order valence-corrected chi connectivity index (χ4v) is 4.25. The number of methoxy groups -OCH3 is 1. The predicted molar refractivity (Wildman–Crippen MR) is 134 cm³/mol. The van der Waals surface area contributed by atoms with Crippen molar-refractivity contribution in [2.45, 2.75) is 50.8 Å². The highest BCUT2D eigenvalue weighted by Crippen LogP contribution is 2.28. The van der Waals surface area contributed by atoms with E-state index < -0.39 is 11.7 Å². The van der Waals surface area contributed by atoms with Crippen molar-refractivity contribution in [1.29, 1.82) is 0 Å². The molecule has 9 nitrogen and oxygen atoms in total. The van der Waals surface area contributed by atoms with Crippen molar-refractivity contribution in [3.63, 3.8) is 0 Å². The van der Waals surface area contributed by atoms with Gasteiger partial charge in [0.05, 0.1) is 17.7 Å². The van der Waals surface area contributed by atoms with Gasteiger partial charge in [0, 0.05) is 36.3 Å². The summed E-state index contributed by atoms with van der Waals surface area (Å²) in [6.07, 6.45) is 3.64. The Morgan fingerprint density at radius 3 is 2.71 bits per heavy atom. The molecule has 1 aliphatic carbocycles. The van der Waals surface area contributed by atoms with E-state index in [9.17, 15) is 9.18 Å². The van der Waals surface area contributed by atoms with Crippen molar-refractivity contribution in [1.82, 2.24) is 9.97 Å². The van der Waals surface area contributed by atoms with E-state index in [0.29, 0.717) is 18.2 Å². The first kappa shape index (κ1) is 24.6. The van der Waals surface area contributed by atoms with E-state index in [0.717, 1.165) is 42.7 Å². The van der Waals surface area contributed by atoms with Crippen LogP contribution >= 0.6 is 0 Å². The van der Waals surface area contributed by atoms with Gasteiger partial charge in [-0.15, -0.1) is 0 Å². The van der Waals surface area contributed by atoms with Crippen LogP contribution in [0.5, 0.6) is 5.88 Å². The molecule has 3 atom stereocenters. The third-order valence-corrected chi connectivity index (χ3v) is 6.03. The first-order valence-electron chi connectivity index (χ1n) is 11.7. The number of benzene rings is 1. The minimum Gasteiger partial charge on any atom is -0.472 e. The first-order valence-corrected chi connectivity index (χ1v) is 11.7. The number of hydrogen-bond donors (Lipinski definition) is 4. The highest BCUT2D eigenvalue weighted by atomic mass is 19.1. The van der Waals surface area contributed by atoms with Crippen LogP contribution in [0.2, 0.25) is 0 Å². The summed E-state index contributed by atoms with van der Waals surface area (Å²) >= 11 is 0. The molecule has 2 aromatic heterocycles. The van der Waals surface area contributed by atoms with E-state index >= 15 is 0 Å². The normalized spacial score (nSPS) is 18.7. The molecule has 0 spiro atoms. The molecule has 10 heteroatoms. The van der Waals surface area contributed by atoms with E-state index in [-0.39, 0.29) is 35.4 Å². The Hall–Kier alpha value is -3.50. The van der Waals surface area contributed by atoms with Crippen molar-refractivity contribution < 1.29 is 18.7 Å². The summed E-state index contributed by atoms with van der Waals surface area (Å²) in [5, 5.41) is 7.06. The Morgan fingerprint density at radius 1 is 1.17 bits per heavy atom. The fraction of sp³-hybridized carbons (Fsp3) is 0.400. The maximum absolute atomic E-state index is 14.8. The minimum absolute atomic E-state index is 0.0364. The summed E-state index contributed by atoms with van der Waals surface area (Å²) < 4.78 is 25.6. The molecule has 0 bridgehead atoms. The Morgan fingerprint density at radius 2 is 1.97 bits per heavy atom. The monoisotopic (exact) mass is 482 g/mol. The van der Waals surface area contributed by atoms with Gasteiger partial charge in [-0.1, -0.05) is 12.8 Å². The topological polar surface area (TPSA) is 137 Å². The van der Waals surface area contributed by atoms with Crippen LogP contribution < -0.4 is 26.8 Å². The van der Waals surface area contributed by atoms with Crippen LogP contribution in [-0.4, -0.2) is 47.8 Å². The zero-order valence-electron chi connectivity index (χ0n) is 19.9. The van der Waals surface area contributed by atoms with Gasteiger partial charge in [-0.05, 0) is 50.1 Å². The lowest BCUT2D eigenvalue weighted by Crippen LogP contribution is -2.43. The maximum Gasteiger partial charge on any atom is 0.252 e. The maximum atomic E-state index is 14.8. The first-order chi connectivity index (χ1) is 16.8. The van der Waals surface area contributed by atoms with Gasteiger partial charge in [-0.2, -0.15) is 0 Å². The average molecular weight is 483 g/mol. The second-order valence-electron chi connectivity index (χ2n) is 8.84. The number of amides is 1. The molecule has 2 heterocycles. The van der Waals surface area contributed by atoms with Gasteiger partial charge in [0.1, 0.15) is 11.9 Å². The summed E-state index contributed by atoms with van der Waals surface area (Å²) in [6.45, 7) is 2.36. The Bertz CT molecular complexity index is 1210. The van der Waals surface area contributed by atoms with Crippen LogP contribution in [0.4, 0.5) is 21.7 Å². The number of nitrogens with two attached hydrogens (primary N) is 2. The van der Waals surface area contributed by atoms with Crippen molar-refractivity contribution in [2.24, 2.45) is 11.5 Å². The van der Waals surface area contributed by atoms with Crippen LogP contribution in [-0.2, 0) is 4.74 Å². The molecular weight excluding hydrogens is 451 g/mol. The molecule has 186 valence electrons. The third kappa shape index (κ3) is 5.95. The smallest absolute Gasteiger partial charge is 0.252 e. The van der Waals surface area contributed by atoms with E-state index in [1.165, 1.54) is 0 Å². The van der Waals surface area contributed by atoms with Crippen LogP contribution in [0.3, 0.4) is 0 Å². The highest BCUT2D eigenvalue weighted by Gasteiger charge is 2.24. The number of aromatic nitrogens is 2. The number of hydrogen-bond acceptors (Lipinski definition) is 8. The van der Waals surface area contributed by atoms with Crippen LogP contribution in [0.15, 0.2) is 36.4 Å². The summed E-state index contributed by atoms with van der Waals surface area (Å²) in [4.78, 5) is 20.9. The molecule has 1 fully saturated rings. The van der Waals surface area contributed by atoms with Gasteiger partial charge in [-0.25, -0.2) is 14.4 Å².